The average Bonchev–Trinajstić information content (AvgIpc) is 2.19. The fourth-order valence-electron chi connectivity index (χ4n) is 1.21. The third kappa shape index (κ3) is 2.60. The third-order valence-electron chi connectivity index (χ3n) is 1.94. The first-order valence-electron chi connectivity index (χ1n) is 4.27. The van der Waals surface area contributed by atoms with E-state index in [1.54, 1.807) is 18.2 Å². The Morgan fingerprint density at radius 1 is 1.47 bits per heavy atom. The van der Waals surface area contributed by atoms with Gasteiger partial charge in [0.15, 0.2) is 0 Å². The summed E-state index contributed by atoms with van der Waals surface area (Å²) in [7, 11) is 0. The Morgan fingerprint density at radius 3 is 2.33 bits per heavy atom. The molecule has 0 fully saturated rings. The summed E-state index contributed by atoms with van der Waals surface area (Å²) in [5.41, 5.74) is 7.07. The monoisotopic (exact) mass is 222 g/mol. The molecule has 0 heterocycles. The van der Waals surface area contributed by atoms with E-state index in [0.717, 1.165) is 11.1 Å². The zero-order chi connectivity index (χ0) is 11.4. The van der Waals surface area contributed by atoms with Crippen molar-refractivity contribution in [2.45, 2.75) is 6.92 Å². The van der Waals surface area contributed by atoms with Crippen LogP contribution in [-0.2, 0) is 0 Å². The normalized spacial score (nSPS) is 11.1. The molecule has 0 spiro atoms. The molecule has 1 rings (SSSR count). The third-order valence-corrected chi connectivity index (χ3v) is 2.16. The topological polar surface area (TPSA) is 69.2 Å². The van der Waals surface area contributed by atoms with E-state index in [1.807, 2.05) is 6.92 Å². The summed E-state index contributed by atoms with van der Waals surface area (Å²) in [5, 5.41) is 10.4. The Balaban J connectivity index is 3.08. The number of nitro benzene ring substituents is 1. The van der Waals surface area contributed by atoms with Gasteiger partial charge < -0.3 is 5.73 Å². The molecule has 0 atom stereocenters. The Labute approximate surface area is 92.6 Å². The van der Waals surface area contributed by atoms with Crippen LogP contribution in [0.5, 0.6) is 0 Å². The van der Waals surface area contributed by atoms with E-state index in [4.69, 9.17) is 18.0 Å². The van der Waals surface area contributed by atoms with Gasteiger partial charge in [0.2, 0.25) is 0 Å². The van der Waals surface area contributed by atoms with E-state index in [-0.39, 0.29) is 10.7 Å². The molecule has 0 radical (unpaired) electrons. The van der Waals surface area contributed by atoms with Gasteiger partial charge in [-0.2, -0.15) is 0 Å². The van der Waals surface area contributed by atoms with Crippen molar-refractivity contribution in [1.82, 2.24) is 0 Å². The molecule has 0 aliphatic heterocycles. The lowest BCUT2D eigenvalue weighted by atomic mass is 10.1. The first kappa shape index (κ1) is 11.3. The fraction of sp³-hybridized carbons (Fsp3) is 0.100. The van der Waals surface area contributed by atoms with E-state index in [2.05, 4.69) is 0 Å². The van der Waals surface area contributed by atoms with Crippen LogP contribution < -0.4 is 5.73 Å². The molecule has 0 aliphatic carbocycles. The quantitative estimate of drug-likeness (QED) is 0.368. The highest BCUT2D eigenvalue weighted by Crippen LogP contribution is 2.18. The van der Waals surface area contributed by atoms with Crippen LogP contribution in [0.15, 0.2) is 30.3 Å². The maximum atomic E-state index is 10.4. The lowest BCUT2D eigenvalue weighted by molar-refractivity contribution is -0.384. The lowest BCUT2D eigenvalue weighted by Gasteiger charge is -2.04. The predicted molar refractivity (Wildman–Crippen MR) is 63.5 cm³/mol. The molecule has 0 saturated carbocycles. The summed E-state index contributed by atoms with van der Waals surface area (Å²) in [6.45, 7) is 1.82. The second-order valence-electron chi connectivity index (χ2n) is 2.87. The molecule has 15 heavy (non-hydrogen) atoms. The molecular weight excluding hydrogens is 212 g/mol. The van der Waals surface area contributed by atoms with Crippen molar-refractivity contribution in [2.24, 2.45) is 5.73 Å². The standard InChI is InChI=1S/C10H10N2O2S/c1-2-9(10(11)15)7-3-5-8(6-4-7)12(13)14/h2-6H,1H3,(H2,11,15). The number of non-ortho nitro benzene ring substituents is 1. The SMILES string of the molecule is CC=C(C(N)=S)c1ccc([N+](=O)[O-])cc1. The van der Waals surface area contributed by atoms with Crippen LogP contribution in [0, 0.1) is 10.1 Å². The van der Waals surface area contributed by atoms with Gasteiger partial charge in [-0.25, -0.2) is 0 Å². The second kappa shape index (κ2) is 4.65. The number of hydrogen-bond donors (Lipinski definition) is 1. The number of benzene rings is 1. The van der Waals surface area contributed by atoms with E-state index in [1.165, 1.54) is 12.1 Å². The lowest BCUT2D eigenvalue weighted by Crippen LogP contribution is -2.10. The van der Waals surface area contributed by atoms with Crippen molar-refractivity contribution in [2.75, 3.05) is 0 Å². The molecule has 1 aromatic carbocycles. The molecule has 0 amide bonds. The first-order valence-corrected chi connectivity index (χ1v) is 4.68. The first-order chi connectivity index (χ1) is 7.06. The van der Waals surface area contributed by atoms with Gasteiger partial charge in [-0.05, 0) is 24.6 Å². The fourth-order valence-corrected chi connectivity index (χ4v) is 1.45. The molecule has 78 valence electrons. The number of allylic oxidation sites excluding steroid dienone is 1. The molecule has 5 heteroatoms. The molecular formula is C10H10N2O2S. The second-order valence-corrected chi connectivity index (χ2v) is 3.31. The van der Waals surface area contributed by atoms with Crippen molar-refractivity contribution in [3.63, 3.8) is 0 Å². The van der Waals surface area contributed by atoms with Crippen molar-refractivity contribution in [3.8, 4) is 0 Å². The maximum Gasteiger partial charge on any atom is 0.269 e. The average molecular weight is 222 g/mol. The number of nitrogens with two attached hydrogens (primary N) is 1. The van der Waals surface area contributed by atoms with Gasteiger partial charge in [-0.3, -0.25) is 10.1 Å². The Kier molecular flexibility index (Phi) is 3.51. The molecule has 1 aromatic rings. The molecule has 0 saturated heterocycles. The predicted octanol–water partition coefficient (Wildman–Crippen LogP) is 2.28. The molecule has 4 nitrogen and oxygen atoms in total. The zero-order valence-corrected chi connectivity index (χ0v) is 8.95. The van der Waals surface area contributed by atoms with Crippen LogP contribution in [-0.4, -0.2) is 9.91 Å². The van der Waals surface area contributed by atoms with Crippen LogP contribution in [0.1, 0.15) is 12.5 Å². The minimum absolute atomic E-state index is 0.0529. The number of hydrogen-bond acceptors (Lipinski definition) is 3. The van der Waals surface area contributed by atoms with Crippen LogP contribution >= 0.6 is 12.2 Å². The van der Waals surface area contributed by atoms with Gasteiger partial charge in [-0.1, -0.05) is 18.3 Å². The van der Waals surface area contributed by atoms with Crippen molar-refractivity contribution in [1.29, 1.82) is 0 Å². The van der Waals surface area contributed by atoms with Gasteiger partial charge >= 0.3 is 0 Å². The Morgan fingerprint density at radius 2 is 2.00 bits per heavy atom. The molecule has 0 unspecified atom stereocenters. The highest BCUT2D eigenvalue weighted by molar-refractivity contribution is 7.81. The van der Waals surface area contributed by atoms with Crippen LogP contribution in [0.3, 0.4) is 0 Å². The summed E-state index contributed by atoms with van der Waals surface area (Å²) in [5.74, 6) is 0. The molecule has 2 N–H and O–H groups in total. The highest BCUT2D eigenvalue weighted by Gasteiger charge is 2.07. The summed E-state index contributed by atoms with van der Waals surface area (Å²) >= 11 is 4.86. The minimum atomic E-state index is -0.445. The van der Waals surface area contributed by atoms with Gasteiger partial charge in [-0.15, -0.1) is 0 Å². The number of nitro groups is 1. The minimum Gasteiger partial charge on any atom is -0.389 e. The summed E-state index contributed by atoms with van der Waals surface area (Å²) in [6, 6.07) is 6.12. The van der Waals surface area contributed by atoms with E-state index < -0.39 is 4.92 Å². The van der Waals surface area contributed by atoms with Gasteiger partial charge in [0, 0.05) is 17.7 Å². The van der Waals surface area contributed by atoms with E-state index in [0.29, 0.717) is 0 Å². The van der Waals surface area contributed by atoms with Crippen LogP contribution in [0.25, 0.3) is 5.57 Å². The summed E-state index contributed by atoms with van der Waals surface area (Å²) in [4.78, 5) is 10.3. The van der Waals surface area contributed by atoms with Crippen molar-refractivity contribution >= 4 is 28.5 Å². The Hall–Kier alpha value is -1.75. The van der Waals surface area contributed by atoms with Crippen molar-refractivity contribution in [3.05, 3.63) is 46.0 Å². The largest absolute Gasteiger partial charge is 0.389 e. The smallest absolute Gasteiger partial charge is 0.269 e. The number of rotatable bonds is 3. The molecule has 0 aromatic heterocycles. The molecule has 0 aliphatic rings. The van der Waals surface area contributed by atoms with E-state index >= 15 is 0 Å². The maximum absolute atomic E-state index is 10.4. The number of nitrogens with zero attached hydrogens (tertiary/aromatic N) is 1. The summed E-state index contributed by atoms with van der Waals surface area (Å²) in [6.07, 6.45) is 1.78. The van der Waals surface area contributed by atoms with E-state index in [9.17, 15) is 10.1 Å². The van der Waals surface area contributed by atoms with Crippen molar-refractivity contribution < 1.29 is 4.92 Å². The Bertz CT molecular complexity index is 424. The van der Waals surface area contributed by atoms with Gasteiger partial charge in [0.1, 0.15) is 4.99 Å². The van der Waals surface area contributed by atoms with Gasteiger partial charge in [0.05, 0.1) is 4.92 Å². The van der Waals surface area contributed by atoms with Crippen LogP contribution in [0.2, 0.25) is 0 Å². The number of thiocarbonyl (C=S) groups is 1. The zero-order valence-electron chi connectivity index (χ0n) is 8.14. The van der Waals surface area contributed by atoms with Gasteiger partial charge in [0.25, 0.3) is 5.69 Å². The molecule has 0 bridgehead atoms. The van der Waals surface area contributed by atoms with Crippen LogP contribution in [0.4, 0.5) is 5.69 Å². The summed E-state index contributed by atoms with van der Waals surface area (Å²) < 4.78 is 0. The highest BCUT2D eigenvalue weighted by atomic mass is 32.1.